The predicted molar refractivity (Wildman–Crippen MR) is 111 cm³/mol. The van der Waals surface area contributed by atoms with Crippen molar-refractivity contribution < 1.29 is 33.4 Å². The van der Waals surface area contributed by atoms with E-state index < -0.39 is 41.1 Å². The van der Waals surface area contributed by atoms with Gasteiger partial charge in [-0.3, -0.25) is 10.1 Å². The number of benzene rings is 2. The lowest BCUT2D eigenvalue weighted by atomic mass is 10.1. The molecule has 9 heteroatoms. The molecule has 0 spiro atoms. The van der Waals surface area contributed by atoms with Crippen LogP contribution in [0.2, 0.25) is 0 Å². The first-order chi connectivity index (χ1) is 14.8. The molecule has 2 rings (SSSR count). The van der Waals surface area contributed by atoms with Gasteiger partial charge in [0.2, 0.25) is 0 Å². The maximum Gasteiger partial charge on any atom is 0.412 e. The van der Waals surface area contributed by atoms with Crippen molar-refractivity contribution in [3.05, 3.63) is 72.1 Å². The maximum atomic E-state index is 14.0. The van der Waals surface area contributed by atoms with Gasteiger partial charge in [0, 0.05) is 6.07 Å². The van der Waals surface area contributed by atoms with Gasteiger partial charge >= 0.3 is 12.1 Å². The molecule has 0 saturated heterocycles. The molecule has 0 aromatic heterocycles. The van der Waals surface area contributed by atoms with E-state index in [1.165, 1.54) is 6.08 Å². The lowest BCUT2D eigenvalue weighted by molar-refractivity contribution is -0.144. The third-order valence-corrected chi connectivity index (χ3v) is 4.11. The molecule has 0 aliphatic rings. The summed E-state index contributed by atoms with van der Waals surface area (Å²) in [5.74, 6) is -3.18. The van der Waals surface area contributed by atoms with Gasteiger partial charge in [-0.25, -0.2) is 14.0 Å². The zero-order valence-corrected chi connectivity index (χ0v) is 16.9. The van der Waals surface area contributed by atoms with Crippen LogP contribution in [-0.2, 0) is 20.9 Å². The van der Waals surface area contributed by atoms with Gasteiger partial charge in [-0.05, 0) is 18.1 Å². The van der Waals surface area contributed by atoms with Gasteiger partial charge in [-0.15, -0.1) is 0 Å². The van der Waals surface area contributed by atoms with Crippen molar-refractivity contribution >= 4 is 23.7 Å². The van der Waals surface area contributed by atoms with Gasteiger partial charge in [-0.2, -0.15) is 0 Å². The van der Waals surface area contributed by atoms with E-state index >= 15 is 0 Å². The van der Waals surface area contributed by atoms with E-state index in [2.05, 4.69) is 17.2 Å². The number of phenolic OH excluding ortho intramolecular Hbond substituents is 1. The number of esters is 1. The number of hydrogen-bond donors (Lipinski definition) is 3. The normalized spacial score (nSPS) is 11.2. The Kier molecular flexibility index (Phi) is 8.56. The lowest BCUT2D eigenvalue weighted by Gasteiger charge is -2.17. The van der Waals surface area contributed by atoms with E-state index in [0.29, 0.717) is 0 Å². The molecule has 8 nitrogen and oxygen atoms in total. The van der Waals surface area contributed by atoms with E-state index in [9.17, 15) is 23.9 Å². The Bertz CT molecular complexity index is 949. The van der Waals surface area contributed by atoms with Gasteiger partial charge < -0.3 is 19.9 Å². The molecule has 2 aromatic rings. The number of phenols is 1. The van der Waals surface area contributed by atoms with Crippen molar-refractivity contribution in [1.29, 1.82) is 0 Å². The largest absolute Gasteiger partial charge is 0.505 e. The fraction of sp³-hybridized carbons (Fsp3) is 0.227. The molecular formula is C22H23FN2O6. The van der Waals surface area contributed by atoms with Crippen LogP contribution in [-0.4, -0.2) is 35.7 Å². The lowest BCUT2D eigenvalue weighted by Crippen LogP contribution is -2.41. The highest BCUT2D eigenvalue weighted by Gasteiger charge is 2.24. The second kappa shape index (κ2) is 11.3. The van der Waals surface area contributed by atoms with Crippen molar-refractivity contribution in [3.8, 4) is 5.75 Å². The van der Waals surface area contributed by atoms with E-state index in [-0.39, 0.29) is 25.3 Å². The number of anilines is 1. The van der Waals surface area contributed by atoms with Crippen LogP contribution in [0.25, 0.3) is 0 Å². The summed E-state index contributed by atoms with van der Waals surface area (Å²) >= 11 is 0. The van der Waals surface area contributed by atoms with Gasteiger partial charge in [0.1, 0.15) is 25.1 Å². The Balaban J connectivity index is 2.09. The SMILES string of the molecule is C=CCOC(=O)[C@H](CC)NC(=O)c1cc(F)cc(NC(=O)OCc2ccccc2)c1O. The fourth-order valence-electron chi connectivity index (χ4n) is 2.54. The third-order valence-electron chi connectivity index (χ3n) is 4.11. The molecule has 164 valence electrons. The fourth-order valence-corrected chi connectivity index (χ4v) is 2.54. The van der Waals surface area contributed by atoms with Gasteiger partial charge in [-0.1, -0.05) is 49.9 Å². The Morgan fingerprint density at radius 3 is 2.55 bits per heavy atom. The second-order valence-electron chi connectivity index (χ2n) is 6.39. The highest BCUT2D eigenvalue weighted by Crippen LogP contribution is 2.29. The molecule has 0 unspecified atom stereocenters. The Morgan fingerprint density at radius 1 is 1.19 bits per heavy atom. The molecule has 3 N–H and O–H groups in total. The number of nitrogens with one attached hydrogen (secondary N) is 2. The Hall–Kier alpha value is -3.88. The van der Waals surface area contributed by atoms with Gasteiger partial charge in [0.05, 0.1) is 11.3 Å². The van der Waals surface area contributed by atoms with Crippen LogP contribution in [0.5, 0.6) is 5.75 Å². The third kappa shape index (κ3) is 6.84. The van der Waals surface area contributed by atoms with E-state index in [1.54, 1.807) is 31.2 Å². The van der Waals surface area contributed by atoms with Crippen LogP contribution >= 0.6 is 0 Å². The predicted octanol–water partition coefficient (Wildman–Crippen LogP) is 3.52. The van der Waals surface area contributed by atoms with Crippen LogP contribution in [0.3, 0.4) is 0 Å². The first-order valence-electron chi connectivity index (χ1n) is 9.44. The van der Waals surface area contributed by atoms with Crippen molar-refractivity contribution in [2.45, 2.75) is 26.0 Å². The van der Waals surface area contributed by atoms with Crippen LogP contribution in [0.15, 0.2) is 55.1 Å². The molecule has 0 bridgehead atoms. The summed E-state index contributed by atoms with van der Waals surface area (Å²) in [5, 5.41) is 14.9. The molecular weight excluding hydrogens is 407 g/mol. The summed E-state index contributed by atoms with van der Waals surface area (Å²) in [6, 6.07) is 9.47. The number of carbonyl (C=O) groups is 3. The summed E-state index contributed by atoms with van der Waals surface area (Å²) in [6.45, 7) is 4.99. The number of aromatic hydroxyl groups is 1. The van der Waals surface area contributed by atoms with E-state index in [4.69, 9.17) is 9.47 Å². The number of carbonyl (C=O) groups excluding carboxylic acids is 3. The zero-order chi connectivity index (χ0) is 22.8. The van der Waals surface area contributed by atoms with Gasteiger partial charge in [0.15, 0.2) is 5.75 Å². The number of rotatable bonds is 9. The average Bonchev–Trinajstić information content (AvgIpc) is 2.77. The minimum Gasteiger partial charge on any atom is -0.505 e. The minimum atomic E-state index is -1.01. The monoisotopic (exact) mass is 430 g/mol. The standard InChI is InChI=1S/C22H23FN2O6/c1-3-10-30-21(28)17(4-2)24-20(27)16-11-15(23)12-18(19(16)26)25-22(29)31-13-14-8-6-5-7-9-14/h3,5-9,11-12,17,26H,1,4,10,13H2,2H3,(H,24,27)(H,25,29)/t17-/m0/s1. The quantitative estimate of drug-likeness (QED) is 0.319. The zero-order valence-electron chi connectivity index (χ0n) is 16.9. The Labute approximate surface area is 178 Å². The highest BCUT2D eigenvalue weighted by molar-refractivity contribution is 6.01. The second-order valence-corrected chi connectivity index (χ2v) is 6.39. The summed E-state index contributed by atoms with van der Waals surface area (Å²) in [7, 11) is 0. The van der Waals surface area contributed by atoms with Crippen molar-refractivity contribution in [2.24, 2.45) is 0 Å². The molecule has 2 aromatic carbocycles. The maximum absolute atomic E-state index is 14.0. The summed E-state index contributed by atoms with van der Waals surface area (Å²) in [4.78, 5) is 36.5. The number of hydrogen-bond acceptors (Lipinski definition) is 6. The van der Waals surface area contributed by atoms with Crippen molar-refractivity contribution in [2.75, 3.05) is 11.9 Å². The molecule has 0 aliphatic heterocycles. The number of ether oxygens (including phenoxy) is 2. The molecule has 0 radical (unpaired) electrons. The van der Waals surface area contributed by atoms with E-state index in [0.717, 1.165) is 17.7 Å². The highest BCUT2D eigenvalue weighted by atomic mass is 19.1. The average molecular weight is 430 g/mol. The van der Waals surface area contributed by atoms with Crippen LogP contribution in [0, 0.1) is 5.82 Å². The van der Waals surface area contributed by atoms with Gasteiger partial charge in [0.25, 0.3) is 5.91 Å². The molecule has 0 fully saturated rings. The number of halogens is 1. The number of amides is 2. The molecule has 31 heavy (non-hydrogen) atoms. The first-order valence-corrected chi connectivity index (χ1v) is 9.44. The van der Waals surface area contributed by atoms with Crippen molar-refractivity contribution in [3.63, 3.8) is 0 Å². The minimum absolute atomic E-state index is 0.0322. The summed E-state index contributed by atoms with van der Waals surface area (Å²) in [6.07, 6.45) is 0.629. The molecule has 1 atom stereocenters. The van der Waals surface area contributed by atoms with Crippen LogP contribution in [0.4, 0.5) is 14.9 Å². The first kappa shape index (κ1) is 23.4. The molecule has 0 aliphatic carbocycles. The molecule has 0 heterocycles. The Morgan fingerprint density at radius 2 is 1.90 bits per heavy atom. The smallest absolute Gasteiger partial charge is 0.412 e. The van der Waals surface area contributed by atoms with Crippen LogP contribution < -0.4 is 10.6 Å². The summed E-state index contributed by atoms with van der Waals surface area (Å²) < 4.78 is 23.9. The van der Waals surface area contributed by atoms with Crippen LogP contribution in [0.1, 0.15) is 29.3 Å². The molecule has 2 amide bonds. The van der Waals surface area contributed by atoms with E-state index in [1.807, 2.05) is 6.07 Å². The summed E-state index contributed by atoms with van der Waals surface area (Å²) in [5.41, 5.74) is -0.0889. The van der Waals surface area contributed by atoms with Crippen molar-refractivity contribution in [1.82, 2.24) is 5.32 Å². The molecule has 0 saturated carbocycles. The topological polar surface area (TPSA) is 114 Å².